The zero-order valence-corrected chi connectivity index (χ0v) is 12.1. The van der Waals surface area contributed by atoms with E-state index in [-0.39, 0.29) is 5.82 Å². The highest BCUT2D eigenvalue weighted by molar-refractivity contribution is 5.32. The molecule has 106 valence electrons. The topological polar surface area (TPSA) is 21.3 Å². The molecule has 0 aliphatic heterocycles. The van der Waals surface area contributed by atoms with Crippen LogP contribution >= 0.6 is 0 Å². The molecule has 1 aliphatic rings. The van der Waals surface area contributed by atoms with Gasteiger partial charge in [0.25, 0.3) is 0 Å². The summed E-state index contributed by atoms with van der Waals surface area (Å²) in [6, 6.07) is 5.95. The van der Waals surface area contributed by atoms with Crippen molar-refractivity contribution >= 4 is 0 Å². The Morgan fingerprint density at radius 1 is 1.37 bits per heavy atom. The third-order valence-corrected chi connectivity index (χ3v) is 4.32. The SMILES string of the molecule is CCCNC1CCC(c2ccc(OC)c(F)c2)C1C. The fourth-order valence-corrected chi connectivity index (χ4v) is 3.17. The third kappa shape index (κ3) is 3.08. The number of hydrogen-bond acceptors (Lipinski definition) is 2. The van der Waals surface area contributed by atoms with Gasteiger partial charge in [0.05, 0.1) is 7.11 Å². The molecule has 1 aliphatic carbocycles. The van der Waals surface area contributed by atoms with Gasteiger partial charge in [-0.05, 0) is 55.3 Å². The van der Waals surface area contributed by atoms with Crippen molar-refractivity contribution in [3.05, 3.63) is 29.6 Å². The van der Waals surface area contributed by atoms with Crippen molar-refractivity contribution < 1.29 is 9.13 Å². The molecule has 0 aromatic heterocycles. The van der Waals surface area contributed by atoms with Crippen LogP contribution in [0.25, 0.3) is 0 Å². The first-order valence-electron chi connectivity index (χ1n) is 7.24. The van der Waals surface area contributed by atoms with Crippen molar-refractivity contribution in [3.8, 4) is 5.75 Å². The second kappa shape index (κ2) is 6.38. The van der Waals surface area contributed by atoms with E-state index in [1.807, 2.05) is 6.07 Å². The van der Waals surface area contributed by atoms with E-state index in [1.54, 1.807) is 12.1 Å². The van der Waals surface area contributed by atoms with Gasteiger partial charge in [-0.1, -0.05) is 19.9 Å². The van der Waals surface area contributed by atoms with E-state index in [9.17, 15) is 4.39 Å². The molecule has 0 bridgehead atoms. The number of hydrogen-bond donors (Lipinski definition) is 1. The number of benzene rings is 1. The lowest BCUT2D eigenvalue weighted by Gasteiger charge is -2.22. The minimum Gasteiger partial charge on any atom is -0.494 e. The number of rotatable bonds is 5. The second-order valence-corrected chi connectivity index (χ2v) is 5.50. The summed E-state index contributed by atoms with van der Waals surface area (Å²) < 4.78 is 18.8. The van der Waals surface area contributed by atoms with Crippen molar-refractivity contribution in [1.29, 1.82) is 0 Å². The first-order chi connectivity index (χ1) is 9.17. The molecule has 1 fully saturated rings. The van der Waals surface area contributed by atoms with Gasteiger partial charge in [-0.3, -0.25) is 0 Å². The summed E-state index contributed by atoms with van der Waals surface area (Å²) in [6.45, 7) is 5.52. The minimum absolute atomic E-state index is 0.253. The van der Waals surface area contributed by atoms with Crippen LogP contribution in [-0.2, 0) is 0 Å². The predicted molar refractivity (Wildman–Crippen MR) is 76.2 cm³/mol. The fraction of sp³-hybridized carbons (Fsp3) is 0.625. The highest BCUT2D eigenvalue weighted by Gasteiger charge is 2.33. The van der Waals surface area contributed by atoms with Crippen LogP contribution in [0.2, 0.25) is 0 Å². The van der Waals surface area contributed by atoms with E-state index >= 15 is 0 Å². The number of ether oxygens (including phenoxy) is 1. The summed E-state index contributed by atoms with van der Waals surface area (Å²) in [7, 11) is 1.50. The molecule has 2 rings (SSSR count). The lowest BCUT2D eigenvalue weighted by atomic mass is 9.88. The molecule has 1 aromatic carbocycles. The van der Waals surface area contributed by atoms with Crippen LogP contribution in [0.1, 0.15) is 44.6 Å². The lowest BCUT2D eigenvalue weighted by Crippen LogP contribution is -2.32. The smallest absolute Gasteiger partial charge is 0.165 e. The average Bonchev–Trinajstić information content (AvgIpc) is 2.77. The van der Waals surface area contributed by atoms with Crippen LogP contribution in [0.5, 0.6) is 5.75 Å². The average molecular weight is 265 g/mol. The molecule has 2 nitrogen and oxygen atoms in total. The van der Waals surface area contributed by atoms with Gasteiger partial charge < -0.3 is 10.1 Å². The molecule has 3 unspecified atom stereocenters. The van der Waals surface area contributed by atoms with Crippen LogP contribution < -0.4 is 10.1 Å². The zero-order chi connectivity index (χ0) is 13.8. The maximum absolute atomic E-state index is 13.8. The molecule has 0 heterocycles. The van der Waals surface area contributed by atoms with E-state index in [2.05, 4.69) is 19.2 Å². The summed E-state index contributed by atoms with van der Waals surface area (Å²) in [5.41, 5.74) is 1.10. The quantitative estimate of drug-likeness (QED) is 0.876. The molecule has 0 saturated heterocycles. The summed E-state index contributed by atoms with van der Waals surface area (Å²) in [5, 5.41) is 3.60. The Labute approximate surface area is 115 Å². The van der Waals surface area contributed by atoms with Crippen molar-refractivity contribution in [2.45, 2.75) is 45.1 Å². The number of halogens is 1. The van der Waals surface area contributed by atoms with Gasteiger partial charge in [-0.2, -0.15) is 0 Å². The van der Waals surface area contributed by atoms with Crippen molar-refractivity contribution in [3.63, 3.8) is 0 Å². The first kappa shape index (κ1) is 14.3. The molecule has 3 heteroatoms. The maximum atomic E-state index is 13.8. The number of nitrogens with one attached hydrogen (secondary N) is 1. The molecule has 0 amide bonds. The summed E-state index contributed by atoms with van der Waals surface area (Å²) in [4.78, 5) is 0. The van der Waals surface area contributed by atoms with Gasteiger partial charge in [0.2, 0.25) is 0 Å². The van der Waals surface area contributed by atoms with E-state index in [4.69, 9.17) is 4.74 Å². The fourth-order valence-electron chi connectivity index (χ4n) is 3.17. The Hall–Kier alpha value is -1.09. The minimum atomic E-state index is -0.253. The highest BCUT2D eigenvalue weighted by atomic mass is 19.1. The summed E-state index contributed by atoms with van der Waals surface area (Å²) in [5.74, 6) is 1.08. The first-order valence-corrected chi connectivity index (χ1v) is 7.24. The summed E-state index contributed by atoms with van der Waals surface area (Å²) >= 11 is 0. The van der Waals surface area contributed by atoms with Gasteiger partial charge in [-0.15, -0.1) is 0 Å². The van der Waals surface area contributed by atoms with Crippen LogP contribution in [0.3, 0.4) is 0 Å². The molecule has 0 spiro atoms. The molecule has 1 aromatic rings. The normalized spacial score (nSPS) is 26.6. The van der Waals surface area contributed by atoms with Crippen LogP contribution in [0.15, 0.2) is 18.2 Å². The third-order valence-electron chi connectivity index (χ3n) is 4.32. The van der Waals surface area contributed by atoms with Crippen molar-refractivity contribution in [1.82, 2.24) is 5.32 Å². The molecular formula is C16H24FNO. The van der Waals surface area contributed by atoms with E-state index in [0.717, 1.165) is 24.9 Å². The van der Waals surface area contributed by atoms with E-state index < -0.39 is 0 Å². The van der Waals surface area contributed by atoms with Crippen molar-refractivity contribution in [2.24, 2.45) is 5.92 Å². The number of methoxy groups -OCH3 is 1. The Bertz CT molecular complexity index is 421. The Morgan fingerprint density at radius 2 is 2.16 bits per heavy atom. The second-order valence-electron chi connectivity index (χ2n) is 5.50. The monoisotopic (exact) mass is 265 g/mol. The van der Waals surface area contributed by atoms with Crippen LogP contribution in [-0.4, -0.2) is 19.7 Å². The Morgan fingerprint density at radius 3 is 2.79 bits per heavy atom. The Kier molecular flexibility index (Phi) is 4.81. The predicted octanol–water partition coefficient (Wildman–Crippen LogP) is 3.72. The summed E-state index contributed by atoms with van der Waals surface area (Å²) in [6.07, 6.45) is 3.47. The van der Waals surface area contributed by atoms with Crippen LogP contribution in [0.4, 0.5) is 4.39 Å². The molecule has 19 heavy (non-hydrogen) atoms. The van der Waals surface area contributed by atoms with E-state index in [0.29, 0.717) is 23.6 Å². The molecule has 3 atom stereocenters. The van der Waals surface area contributed by atoms with Gasteiger partial charge in [-0.25, -0.2) is 4.39 Å². The standard InChI is InChI=1S/C16H24FNO/c1-4-9-18-15-7-6-13(11(15)2)12-5-8-16(19-3)14(17)10-12/h5,8,10-11,13,15,18H,4,6-7,9H2,1-3H3. The van der Waals surface area contributed by atoms with Gasteiger partial charge >= 0.3 is 0 Å². The molecule has 1 saturated carbocycles. The molecule has 0 radical (unpaired) electrons. The van der Waals surface area contributed by atoms with Crippen molar-refractivity contribution in [2.75, 3.05) is 13.7 Å². The van der Waals surface area contributed by atoms with Gasteiger partial charge in [0.1, 0.15) is 0 Å². The largest absolute Gasteiger partial charge is 0.494 e. The van der Waals surface area contributed by atoms with Gasteiger partial charge in [0.15, 0.2) is 11.6 Å². The highest BCUT2D eigenvalue weighted by Crippen LogP contribution is 2.40. The Balaban J connectivity index is 2.08. The zero-order valence-electron chi connectivity index (χ0n) is 12.1. The lowest BCUT2D eigenvalue weighted by molar-refractivity contribution is 0.383. The molecular weight excluding hydrogens is 241 g/mol. The van der Waals surface area contributed by atoms with Gasteiger partial charge in [0, 0.05) is 6.04 Å². The maximum Gasteiger partial charge on any atom is 0.165 e. The molecule has 1 N–H and O–H groups in total. The van der Waals surface area contributed by atoms with Crippen LogP contribution in [0, 0.1) is 11.7 Å². The van der Waals surface area contributed by atoms with E-state index in [1.165, 1.54) is 13.5 Å².